The van der Waals surface area contributed by atoms with Gasteiger partial charge in [0.05, 0.1) is 0 Å². The molecule has 2 nitrogen and oxygen atoms in total. The van der Waals surface area contributed by atoms with Crippen molar-refractivity contribution < 1.29 is 9.90 Å². The average Bonchev–Trinajstić information content (AvgIpc) is 2.59. The first-order valence-corrected chi connectivity index (χ1v) is 11.2. The van der Waals surface area contributed by atoms with Gasteiger partial charge in [0.25, 0.3) is 0 Å². The highest BCUT2D eigenvalue weighted by Gasteiger charge is 2.16. The first kappa shape index (κ1) is 25.2. The Hall–Kier alpha value is -0.790. The van der Waals surface area contributed by atoms with Gasteiger partial charge in [0.2, 0.25) is 0 Å². The van der Waals surface area contributed by atoms with Crippen LogP contribution in [-0.2, 0) is 4.79 Å². The standard InChI is InChI=1S/C24H45O2/c1-4-5-6-7-8-9-10-11-12-13-14-15-16-17-18-19-20-23(22(2)3)21-24(25)26/h11-12,23H,4-10,13-21H2,1-3H3,(H,25,26)/b12-11-. The third-order valence-electron chi connectivity index (χ3n) is 5.30. The molecule has 0 spiro atoms. The Kier molecular flexibility index (Phi) is 18.4. The molecular formula is C24H45O2. The highest BCUT2D eigenvalue weighted by atomic mass is 16.4. The van der Waals surface area contributed by atoms with Gasteiger partial charge in [-0.3, -0.25) is 4.79 Å². The molecule has 0 aliphatic carbocycles. The number of rotatable bonds is 19. The quantitative estimate of drug-likeness (QED) is 0.185. The second-order valence-corrected chi connectivity index (χ2v) is 8.10. The van der Waals surface area contributed by atoms with Crippen LogP contribution in [0.1, 0.15) is 124 Å². The molecule has 1 atom stereocenters. The number of hydrogen-bond donors (Lipinski definition) is 1. The molecule has 0 saturated carbocycles. The Morgan fingerprint density at radius 1 is 0.769 bits per heavy atom. The van der Waals surface area contributed by atoms with Crippen LogP contribution in [0.3, 0.4) is 0 Å². The van der Waals surface area contributed by atoms with Crippen LogP contribution in [0.4, 0.5) is 0 Å². The summed E-state index contributed by atoms with van der Waals surface area (Å²) < 4.78 is 0. The lowest BCUT2D eigenvalue weighted by atomic mass is 9.87. The summed E-state index contributed by atoms with van der Waals surface area (Å²) in [4.78, 5) is 10.9. The zero-order valence-corrected chi connectivity index (χ0v) is 17.9. The van der Waals surface area contributed by atoms with E-state index in [9.17, 15) is 4.79 Å². The highest BCUT2D eigenvalue weighted by molar-refractivity contribution is 5.67. The van der Waals surface area contributed by atoms with Crippen molar-refractivity contribution in [2.24, 2.45) is 5.92 Å². The molecule has 1 radical (unpaired) electrons. The summed E-state index contributed by atoms with van der Waals surface area (Å²) in [7, 11) is 0. The molecule has 0 aliphatic heterocycles. The van der Waals surface area contributed by atoms with E-state index in [-0.39, 0.29) is 5.92 Å². The Labute approximate surface area is 163 Å². The molecule has 0 aromatic rings. The van der Waals surface area contributed by atoms with E-state index in [1.54, 1.807) is 0 Å². The van der Waals surface area contributed by atoms with Gasteiger partial charge in [-0.1, -0.05) is 97.1 Å². The molecule has 153 valence electrons. The summed E-state index contributed by atoms with van der Waals surface area (Å²) in [5.41, 5.74) is 0. The Balaban J connectivity index is 3.35. The maximum absolute atomic E-state index is 10.9. The lowest BCUT2D eigenvalue weighted by molar-refractivity contribution is -0.138. The van der Waals surface area contributed by atoms with Gasteiger partial charge in [-0.05, 0) is 43.9 Å². The van der Waals surface area contributed by atoms with Crippen LogP contribution in [0.2, 0.25) is 0 Å². The summed E-state index contributed by atoms with van der Waals surface area (Å²) in [5.74, 6) is 0.866. The summed E-state index contributed by atoms with van der Waals surface area (Å²) in [6.07, 6.45) is 24.6. The zero-order chi connectivity index (χ0) is 19.5. The molecule has 26 heavy (non-hydrogen) atoms. The van der Waals surface area contributed by atoms with Gasteiger partial charge in [-0.15, -0.1) is 0 Å². The fourth-order valence-electron chi connectivity index (χ4n) is 3.44. The van der Waals surface area contributed by atoms with E-state index in [4.69, 9.17) is 5.11 Å². The molecule has 1 unspecified atom stereocenters. The van der Waals surface area contributed by atoms with Crippen molar-refractivity contribution >= 4 is 5.97 Å². The van der Waals surface area contributed by atoms with Gasteiger partial charge < -0.3 is 5.11 Å². The molecular weight excluding hydrogens is 320 g/mol. The largest absolute Gasteiger partial charge is 0.481 e. The maximum Gasteiger partial charge on any atom is 0.303 e. The molecule has 0 amide bonds. The Bertz CT molecular complexity index is 333. The average molecular weight is 366 g/mol. The zero-order valence-electron chi connectivity index (χ0n) is 17.9. The van der Waals surface area contributed by atoms with E-state index in [0.29, 0.717) is 6.42 Å². The van der Waals surface area contributed by atoms with Crippen molar-refractivity contribution in [1.82, 2.24) is 0 Å². The molecule has 1 N–H and O–H groups in total. The fourth-order valence-corrected chi connectivity index (χ4v) is 3.44. The molecule has 0 aliphatic rings. The van der Waals surface area contributed by atoms with E-state index < -0.39 is 5.97 Å². The maximum atomic E-state index is 10.9. The fraction of sp³-hybridized carbons (Fsp3) is 0.833. The van der Waals surface area contributed by atoms with E-state index in [2.05, 4.69) is 32.9 Å². The molecule has 0 aromatic carbocycles. The molecule has 0 rings (SSSR count). The number of carboxylic acid groups (broad SMARTS) is 1. The van der Waals surface area contributed by atoms with Crippen LogP contribution in [0.15, 0.2) is 12.2 Å². The van der Waals surface area contributed by atoms with Crippen LogP contribution in [0.5, 0.6) is 0 Å². The van der Waals surface area contributed by atoms with E-state index in [0.717, 1.165) is 6.42 Å². The van der Waals surface area contributed by atoms with Crippen molar-refractivity contribution in [3.8, 4) is 0 Å². The number of carboxylic acids is 1. The van der Waals surface area contributed by atoms with Crippen molar-refractivity contribution in [3.05, 3.63) is 18.1 Å². The second-order valence-electron chi connectivity index (χ2n) is 8.10. The Morgan fingerprint density at radius 3 is 1.69 bits per heavy atom. The SMILES string of the molecule is CCCCCCCC/C=C\CCCCCCCCC(CC(=O)O)[C](C)C. The molecule has 0 fully saturated rings. The summed E-state index contributed by atoms with van der Waals surface area (Å²) >= 11 is 0. The number of unbranched alkanes of at least 4 members (excludes halogenated alkanes) is 12. The molecule has 0 saturated heterocycles. The summed E-state index contributed by atoms with van der Waals surface area (Å²) in [6.45, 7) is 6.40. The Morgan fingerprint density at radius 2 is 1.23 bits per heavy atom. The van der Waals surface area contributed by atoms with Crippen LogP contribution >= 0.6 is 0 Å². The van der Waals surface area contributed by atoms with Gasteiger partial charge in [-0.25, -0.2) is 0 Å². The lowest BCUT2D eigenvalue weighted by Gasteiger charge is -2.18. The van der Waals surface area contributed by atoms with Crippen LogP contribution < -0.4 is 0 Å². The first-order valence-electron chi connectivity index (χ1n) is 11.2. The van der Waals surface area contributed by atoms with Crippen LogP contribution in [0.25, 0.3) is 0 Å². The van der Waals surface area contributed by atoms with Gasteiger partial charge in [0.1, 0.15) is 0 Å². The molecule has 0 heterocycles. The number of carbonyl (C=O) groups is 1. The monoisotopic (exact) mass is 365 g/mol. The summed E-state index contributed by atoms with van der Waals surface area (Å²) in [5, 5.41) is 8.95. The number of allylic oxidation sites excluding steroid dienone is 2. The minimum Gasteiger partial charge on any atom is -0.481 e. The molecule has 0 aromatic heterocycles. The third-order valence-corrected chi connectivity index (χ3v) is 5.30. The van der Waals surface area contributed by atoms with Crippen LogP contribution in [0, 0.1) is 11.8 Å². The normalized spacial score (nSPS) is 12.9. The summed E-state index contributed by atoms with van der Waals surface area (Å²) in [6, 6.07) is 0. The van der Waals surface area contributed by atoms with E-state index >= 15 is 0 Å². The van der Waals surface area contributed by atoms with E-state index in [1.807, 2.05) is 0 Å². The minimum atomic E-state index is -0.666. The van der Waals surface area contributed by atoms with Crippen molar-refractivity contribution in [1.29, 1.82) is 0 Å². The van der Waals surface area contributed by atoms with Gasteiger partial charge in [-0.2, -0.15) is 0 Å². The van der Waals surface area contributed by atoms with Gasteiger partial charge in [0.15, 0.2) is 0 Å². The predicted molar refractivity (Wildman–Crippen MR) is 114 cm³/mol. The van der Waals surface area contributed by atoms with Gasteiger partial charge >= 0.3 is 5.97 Å². The molecule has 0 bridgehead atoms. The van der Waals surface area contributed by atoms with Crippen molar-refractivity contribution in [2.75, 3.05) is 0 Å². The first-order chi connectivity index (χ1) is 12.6. The minimum absolute atomic E-state index is 0.268. The topological polar surface area (TPSA) is 37.3 Å². The van der Waals surface area contributed by atoms with Gasteiger partial charge in [0, 0.05) is 6.42 Å². The predicted octanol–water partition coefficient (Wildman–Crippen LogP) is 8.12. The molecule has 2 heteroatoms. The lowest BCUT2D eigenvalue weighted by Crippen LogP contribution is -2.12. The smallest absolute Gasteiger partial charge is 0.303 e. The number of hydrogen-bond acceptors (Lipinski definition) is 1. The van der Waals surface area contributed by atoms with Crippen molar-refractivity contribution in [3.63, 3.8) is 0 Å². The van der Waals surface area contributed by atoms with Crippen molar-refractivity contribution in [2.45, 2.75) is 124 Å². The van der Waals surface area contributed by atoms with E-state index in [1.165, 1.54) is 95.8 Å². The second kappa shape index (κ2) is 19.0. The number of aliphatic carboxylic acids is 1. The van der Waals surface area contributed by atoms with Crippen LogP contribution in [-0.4, -0.2) is 11.1 Å². The third kappa shape index (κ3) is 18.0. The highest BCUT2D eigenvalue weighted by Crippen LogP contribution is 2.24.